The highest BCUT2D eigenvalue weighted by molar-refractivity contribution is 5.94. The summed E-state index contributed by atoms with van der Waals surface area (Å²) in [5, 5.41) is 0. The predicted molar refractivity (Wildman–Crippen MR) is 125 cm³/mol. The Labute approximate surface area is 195 Å². The molecule has 0 unspecified atom stereocenters. The zero-order chi connectivity index (χ0) is 22.7. The van der Waals surface area contributed by atoms with Gasteiger partial charge in [0.25, 0.3) is 5.91 Å². The quantitative estimate of drug-likeness (QED) is 0.679. The maximum absolute atomic E-state index is 13.2. The molecule has 6 heteroatoms. The Morgan fingerprint density at radius 1 is 0.879 bits per heavy atom. The molecule has 0 aromatic heterocycles. The largest absolute Gasteiger partial charge is 0.493 e. The number of likely N-dealkylation sites (tertiary alicyclic amines) is 1. The normalized spacial score (nSPS) is 20.4. The van der Waals surface area contributed by atoms with Crippen molar-refractivity contribution >= 4 is 11.8 Å². The maximum Gasteiger partial charge on any atom is 0.254 e. The Morgan fingerprint density at radius 2 is 1.55 bits per heavy atom. The van der Waals surface area contributed by atoms with Crippen LogP contribution in [0.25, 0.3) is 0 Å². The van der Waals surface area contributed by atoms with Crippen LogP contribution in [0.3, 0.4) is 0 Å². The summed E-state index contributed by atoms with van der Waals surface area (Å²) in [5.74, 6) is 1.57. The highest BCUT2D eigenvalue weighted by atomic mass is 16.5. The fourth-order valence-corrected chi connectivity index (χ4v) is 4.97. The monoisotopic (exact) mass is 448 g/mol. The molecule has 2 aromatic carbocycles. The number of amides is 2. The van der Waals surface area contributed by atoms with E-state index >= 15 is 0 Å². The van der Waals surface area contributed by atoms with Gasteiger partial charge in [-0.05, 0) is 61.4 Å². The first kappa shape index (κ1) is 22.0. The van der Waals surface area contributed by atoms with Crippen molar-refractivity contribution in [2.24, 2.45) is 5.92 Å². The molecular weight excluding hydrogens is 416 g/mol. The Bertz CT molecular complexity index is 957. The summed E-state index contributed by atoms with van der Waals surface area (Å²) in [5.41, 5.74) is 1.57. The molecule has 33 heavy (non-hydrogen) atoms. The van der Waals surface area contributed by atoms with Crippen LogP contribution in [0.1, 0.15) is 41.6 Å². The molecular formula is C27H32N2O4. The van der Waals surface area contributed by atoms with Gasteiger partial charge < -0.3 is 19.3 Å². The molecule has 2 saturated heterocycles. The molecule has 0 spiro atoms. The number of carbonyl (C=O) groups excluding carboxylic acids is 2. The molecule has 0 N–H and O–H groups in total. The van der Waals surface area contributed by atoms with E-state index in [1.54, 1.807) is 0 Å². The van der Waals surface area contributed by atoms with Crippen LogP contribution in [0, 0.1) is 5.92 Å². The van der Waals surface area contributed by atoms with Gasteiger partial charge in [-0.1, -0.05) is 30.3 Å². The molecule has 174 valence electrons. The van der Waals surface area contributed by atoms with Crippen LogP contribution < -0.4 is 4.74 Å². The first-order valence-electron chi connectivity index (χ1n) is 12.1. The number of hydrogen-bond donors (Lipinski definition) is 0. The van der Waals surface area contributed by atoms with Crippen LogP contribution in [0.2, 0.25) is 0 Å². The van der Waals surface area contributed by atoms with Gasteiger partial charge in [0, 0.05) is 31.7 Å². The van der Waals surface area contributed by atoms with Crippen LogP contribution in [0.15, 0.2) is 54.6 Å². The first-order valence-corrected chi connectivity index (χ1v) is 12.1. The van der Waals surface area contributed by atoms with Crippen molar-refractivity contribution in [1.29, 1.82) is 0 Å². The molecule has 3 aliphatic rings. The number of nitrogens with zero attached hydrogens (tertiary/aromatic N) is 2. The van der Waals surface area contributed by atoms with Gasteiger partial charge >= 0.3 is 0 Å². The second-order valence-corrected chi connectivity index (χ2v) is 9.42. The minimum absolute atomic E-state index is 0.0471. The summed E-state index contributed by atoms with van der Waals surface area (Å²) in [6.45, 7) is 4.73. The lowest BCUT2D eigenvalue weighted by atomic mass is 9.91. The van der Waals surface area contributed by atoms with E-state index in [-0.39, 0.29) is 11.3 Å². The molecule has 0 bridgehead atoms. The Kier molecular flexibility index (Phi) is 6.36. The average molecular weight is 449 g/mol. The summed E-state index contributed by atoms with van der Waals surface area (Å²) in [6, 6.07) is 17.7. The summed E-state index contributed by atoms with van der Waals surface area (Å²) < 4.78 is 11.3. The Morgan fingerprint density at radius 3 is 2.18 bits per heavy atom. The number of carbonyl (C=O) groups is 2. The Balaban J connectivity index is 1.09. The summed E-state index contributed by atoms with van der Waals surface area (Å²) in [7, 11) is 0. The molecule has 2 heterocycles. The first-order chi connectivity index (χ1) is 16.2. The van der Waals surface area contributed by atoms with Crippen LogP contribution in [0.4, 0.5) is 0 Å². The molecule has 2 amide bonds. The van der Waals surface area contributed by atoms with Crippen LogP contribution >= 0.6 is 0 Å². The van der Waals surface area contributed by atoms with E-state index in [2.05, 4.69) is 17.0 Å². The van der Waals surface area contributed by atoms with Crippen molar-refractivity contribution in [1.82, 2.24) is 9.80 Å². The minimum atomic E-state index is -0.273. The van der Waals surface area contributed by atoms with Crippen molar-refractivity contribution in [2.45, 2.75) is 31.1 Å². The lowest BCUT2D eigenvalue weighted by molar-refractivity contribution is -0.135. The minimum Gasteiger partial charge on any atom is -0.493 e. The van der Waals surface area contributed by atoms with Crippen molar-refractivity contribution in [3.05, 3.63) is 65.7 Å². The molecule has 5 rings (SSSR count). The third-order valence-electron chi connectivity index (χ3n) is 7.27. The summed E-state index contributed by atoms with van der Waals surface area (Å²) in [6.07, 6.45) is 3.85. The molecule has 2 aliphatic heterocycles. The van der Waals surface area contributed by atoms with Gasteiger partial charge in [0.2, 0.25) is 5.91 Å². The zero-order valence-electron chi connectivity index (χ0n) is 19.1. The van der Waals surface area contributed by atoms with Crippen LogP contribution in [-0.2, 0) is 14.9 Å². The van der Waals surface area contributed by atoms with Gasteiger partial charge in [0.1, 0.15) is 5.75 Å². The van der Waals surface area contributed by atoms with E-state index in [1.165, 1.54) is 0 Å². The number of rotatable bonds is 6. The third kappa shape index (κ3) is 4.76. The number of benzene rings is 2. The standard InChI is InChI=1S/C27H32N2O4/c30-25(28-16-18-32-19-17-28)22-6-8-24(9-7-22)33-20-21-10-14-29(15-11-21)26(31)27(12-13-27)23-4-2-1-3-5-23/h1-9,21H,10-20H2. The van der Waals surface area contributed by atoms with Crippen molar-refractivity contribution < 1.29 is 19.1 Å². The van der Waals surface area contributed by atoms with Crippen LogP contribution in [-0.4, -0.2) is 67.6 Å². The van der Waals surface area contributed by atoms with Crippen molar-refractivity contribution in [3.63, 3.8) is 0 Å². The van der Waals surface area contributed by atoms with Gasteiger partial charge in [0.15, 0.2) is 0 Å². The van der Waals surface area contributed by atoms with Gasteiger partial charge in [0.05, 0.1) is 25.2 Å². The second kappa shape index (κ2) is 9.56. The van der Waals surface area contributed by atoms with E-state index in [1.807, 2.05) is 47.4 Å². The van der Waals surface area contributed by atoms with Crippen molar-refractivity contribution in [3.8, 4) is 5.75 Å². The number of morpholine rings is 1. The van der Waals surface area contributed by atoms with E-state index in [9.17, 15) is 9.59 Å². The predicted octanol–water partition coefficient (Wildman–Crippen LogP) is 3.51. The average Bonchev–Trinajstić information content (AvgIpc) is 3.70. The number of ether oxygens (including phenoxy) is 2. The molecule has 1 saturated carbocycles. The fraction of sp³-hybridized carbons (Fsp3) is 0.481. The molecule has 1 aliphatic carbocycles. The van der Waals surface area contributed by atoms with E-state index in [0.29, 0.717) is 50.3 Å². The van der Waals surface area contributed by atoms with Gasteiger partial charge in [-0.2, -0.15) is 0 Å². The maximum atomic E-state index is 13.2. The van der Waals surface area contributed by atoms with Gasteiger partial charge in [-0.25, -0.2) is 0 Å². The van der Waals surface area contributed by atoms with E-state index < -0.39 is 0 Å². The zero-order valence-corrected chi connectivity index (χ0v) is 19.1. The SMILES string of the molecule is O=C(c1ccc(OCC2CCN(C(=O)C3(c4ccccc4)CC3)CC2)cc1)N1CCOCC1. The van der Waals surface area contributed by atoms with E-state index in [4.69, 9.17) is 9.47 Å². The summed E-state index contributed by atoms with van der Waals surface area (Å²) >= 11 is 0. The molecule has 0 radical (unpaired) electrons. The lowest BCUT2D eigenvalue weighted by Gasteiger charge is -2.34. The highest BCUT2D eigenvalue weighted by Gasteiger charge is 2.53. The molecule has 0 atom stereocenters. The molecule has 2 aromatic rings. The van der Waals surface area contributed by atoms with E-state index in [0.717, 1.165) is 50.1 Å². The van der Waals surface area contributed by atoms with Crippen molar-refractivity contribution in [2.75, 3.05) is 46.0 Å². The molecule has 6 nitrogen and oxygen atoms in total. The fourth-order valence-electron chi connectivity index (χ4n) is 4.97. The third-order valence-corrected chi connectivity index (χ3v) is 7.27. The van der Waals surface area contributed by atoms with Gasteiger partial charge in [-0.15, -0.1) is 0 Å². The summed E-state index contributed by atoms with van der Waals surface area (Å²) in [4.78, 5) is 29.7. The topological polar surface area (TPSA) is 59.1 Å². The smallest absolute Gasteiger partial charge is 0.254 e. The number of hydrogen-bond acceptors (Lipinski definition) is 4. The highest BCUT2D eigenvalue weighted by Crippen LogP contribution is 2.49. The Hall–Kier alpha value is -2.86. The molecule has 3 fully saturated rings. The van der Waals surface area contributed by atoms with Gasteiger partial charge in [-0.3, -0.25) is 9.59 Å². The number of piperidine rings is 1. The van der Waals surface area contributed by atoms with Crippen LogP contribution in [0.5, 0.6) is 5.75 Å². The second-order valence-electron chi connectivity index (χ2n) is 9.42. The lowest BCUT2D eigenvalue weighted by Crippen LogP contribution is -2.44.